The molecule has 2 rings (SSSR count). The average molecular weight is 268 g/mol. The summed E-state index contributed by atoms with van der Waals surface area (Å²) >= 11 is 0. The minimum Gasteiger partial charge on any atom is -0.294 e. The summed E-state index contributed by atoms with van der Waals surface area (Å²) in [6.45, 7) is 0. The highest BCUT2D eigenvalue weighted by molar-refractivity contribution is 6.01. The van der Waals surface area contributed by atoms with Gasteiger partial charge in [-0.3, -0.25) is 4.79 Å². The number of hydrogen-bond acceptors (Lipinski definition) is 1. The summed E-state index contributed by atoms with van der Waals surface area (Å²) in [5.74, 6) is -0.679. The van der Waals surface area contributed by atoms with Crippen LogP contribution in [-0.4, -0.2) is 5.78 Å². The van der Waals surface area contributed by atoms with Gasteiger partial charge in [-0.15, -0.1) is 0 Å². The predicted octanol–water partition coefficient (Wildman–Crippen LogP) is 3.85. The molecule has 1 aromatic rings. The van der Waals surface area contributed by atoms with Crippen LogP contribution in [0, 0.1) is 0 Å². The summed E-state index contributed by atoms with van der Waals surface area (Å²) in [4.78, 5) is 11.3. The molecule has 0 spiro atoms. The smallest absolute Gasteiger partial charge is 0.294 e. The lowest BCUT2D eigenvalue weighted by Gasteiger charge is -2.15. The molecule has 0 bridgehead atoms. The zero-order valence-electron chi connectivity index (χ0n) is 8.74. The van der Waals surface area contributed by atoms with Gasteiger partial charge in [0, 0.05) is 12.0 Å². The van der Waals surface area contributed by atoms with Crippen LogP contribution in [0.4, 0.5) is 26.3 Å². The fourth-order valence-corrected chi connectivity index (χ4v) is 1.98. The molecule has 0 saturated carbocycles. The van der Waals surface area contributed by atoms with Crippen molar-refractivity contribution in [3.8, 4) is 0 Å². The largest absolute Gasteiger partial charge is 0.416 e. The van der Waals surface area contributed by atoms with E-state index in [1.165, 1.54) is 0 Å². The Bertz CT molecular complexity index is 511. The fraction of sp³-hybridized carbons (Fsp3) is 0.364. The molecule has 0 fully saturated rings. The van der Waals surface area contributed by atoms with Gasteiger partial charge in [-0.25, -0.2) is 0 Å². The summed E-state index contributed by atoms with van der Waals surface area (Å²) in [5.41, 5.74) is -3.60. The molecule has 0 aliphatic heterocycles. The lowest BCUT2D eigenvalue weighted by Crippen LogP contribution is -2.14. The number of hydrogen-bond donors (Lipinski definition) is 0. The quantitative estimate of drug-likeness (QED) is 0.653. The van der Waals surface area contributed by atoms with E-state index in [-0.39, 0.29) is 24.5 Å². The lowest BCUT2D eigenvalue weighted by molar-refractivity contribution is -0.143. The molecule has 7 heteroatoms. The number of benzene rings is 1. The Kier molecular flexibility index (Phi) is 2.68. The summed E-state index contributed by atoms with van der Waals surface area (Å²) in [6.07, 6.45) is -10.1. The second-order valence-corrected chi connectivity index (χ2v) is 3.97. The molecule has 0 aromatic heterocycles. The molecule has 1 nitrogen and oxygen atoms in total. The SMILES string of the molecule is O=C1CCc2c1cc(C(F)(F)F)cc2C(F)(F)F. The molecule has 0 saturated heterocycles. The first kappa shape index (κ1) is 12.9. The zero-order chi connectivity index (χ0) is 13.7. The third kappa shape index (κ3) is 2.09. The van der Waals surface area contributed by atoms with Gasteiger partial charge < -0.3 is 0 Å². The van der Waals surface area contributed by atoms with Gasteiger partial charge in [0.2, 0.25) is 0 Å². The number of carbonyl (C=O) groups excluding carboxylic acids is 1. The van der Waals surface area contributed by atoms with Crippen LogP contribution in [0.5, 0.6) is 0 Å². The normalized spacial score (nSPS) is 16.0. The van der Waals surface area contributed by atoms with Crippen LogP contribution in [0.25, 0.3) is 0 Å². The number of carbonyl (C=O) groups is 1. The minimum absolute atomic E-state index is 0.0669. The van der Waals surface area contributed by atoms with E-state index in [2.05, 4.69) is 0 Å². The van der Waals surface area contributed by atoms with Crippen LogP contribution >= 0.6 is 0 Å². The van der Waals surface area contributed by atoms with Gasteiger partial charge in [-0.2, -0.15) is 26.3 Å². The van der Waals surface area contributed by atoms with E-state index in [0.29, 0.717) is 6.07 Å². The van der Waals surface area contributed by atoms with Gasteiger partial charge in [-0.1, -0.05) is 0 Å². The van der Waals surface area contributed by atoms with Crippen molar-refractivity contribution in [2.24, 2.45) is 0 Å². The van der Waals surface area contributed by atoms with Crippen molar-refractivity contribution in [1.82, 2.24) is 0 Å². The number of ketones is 1. The van der Waals surface area contributed by atoms with Crippen LogP contribution in [0.1, 0.15) is 33.5 Å². The molecule has 1 aromatic carbocycles. The summed E-state index contributed by atoms with van der Waals surface area (Å²) in [5, 5.41) is 0. The Labute approximate surface area is 97.4 Å². The number of Topliss-reactive ketones (excluding diaryl/α,β-unsaturated/α-hetero) is 1. The number of alkyl halides is 6. The summed E-state index contributed by atoms with van der Waals surface area (Å²) < 4.78 is 75.4. The number of fused-ring (bicyclic) bond motifs is 1. The maximum Gasteiger partial charge on any atom is 0.416 e. The van der Waals surface area contributed by atoms with E-state index < -0.39 is 34.8 Å². The molecule has 0 radical (unpaired) electrons. The predicted molar refractivity (Wildman–Crippen MR) is 49.1 cm³/mol. The molecule has 0 heterocycles. The lowest BCUT2D eigenvalue weighted by atomic mass is 9.98. The fourth-order valence-electron chi connectivity index (χ4n) is 1.98. The summed E-state index contributed by atoms with van der Waals surface area (Å²) in [6, 6.07) is 0.567. The highest BCUT2D eigenvalue weighted by atomic mass is 19.4. The van der Waals surface area contributed by atoms with Crippen molar-refractivity contribution in [2.45, 2.75) is 25.2 Å². The van der Waals surface area contributed by atoms with E-state index in [1.807, 2.05) is 0 Å². The van der Waals surface area contributed by atoms with Crippen molar-refractivity contribution in [3.63, 3.8) is 0 Å². The number of rotatable bonds is 0. The van der Waals surface area contributed by atoms with Crippen molar-refractivity contribution >= 4 is 5.78 Å². The van der Waals surface area contributed by atoms with E-state index in [9.17, 15) is 31.1 Å². The molecular weight excluding hydrogens is 262 g/mol. The van der Waals surface area contributed by atoms with Crippen molar-refractivity contribution in [3.05, 3.63) is 34.4 Å². The van der Waals surface area contributed by atoms with Crippen molar-refractivity contribution in [1.29, 1.82) is 0 Å². The highest BCUT2D eigenvalue weighted by Gasteiger charge is 2.41. The highest BCUT2D eigenvalue weighted by Crippen LogP contribution is 2.41. The zero-order valence-corrected chi connectivity index (χ0v) is 8.74. The second-order valence-electron chi connectivity index (χ2n) is 3.97. The van der Waals surface area contributed by atoms with E-state index in [0.717, 1.165) is 0 Å². The van der Waals surface area contributed by atoms with E-state index in [4.69, 9.17) is 0 Å². The topological polar surface area (TPSA) is 17.1 Å². The van der Waals surface area contributed by atoms with Gasteiger partial charge in [0.15, 0.2) is 5.78 Å². The molecule has 0 atom stereocenters. The van der Waals surface area contributed by atoms with Gasteiger partial charge >= 0.3 is 12.4 Å². The monoisotopic (exact) mass is 268 g/mol. The molecule has 1 aliphatic rings. The molecule has 98 valence electrons. The first-order valence-corrected chi connectivity index (χ1v) is 4.95. The molecule has 0 N–H and O–H groups in total. The third-order valence-electron chi connectivity index (χ3n) is 2.79. The maximum absolute atomic E-state index is 12.7. The molecule has 1 aliphatic carbocycles. The average Bonchev–Trinajstić information content (AvgIpc) is 2.56. The van der Waals surface area contributed by atoms with Gasteiger partial charge in [0.25, 0.3) is 0 Å². The van der Waals surface area contributed by atoms with Crippen LogP contribution in [0.15, 0.2) is 12.1 Å². The minimum atomic E-state index is -4.90. The molecule has 0 amide bonds. The van der Waals surface area contributed by atoms with Crippen LogP contribution in [-0.2, 0) is 18.8 Å². The van der Waals surface area contributed by atoms with Crippen molar-refractivity contribution < 1.29 is 31.1 Å². The van der Waals surface area contributed by atoms with Crippen molar-refractivity contribution in [2.75, 3.05) is 0 Å². The Morgan fingerprint density at radius 2 is 1.50 bits per heavy atom. The molecule has 0 unspecified atom stereocenters. The van der Waals surface area contributed by atoms with Gasteiger partial charge in [-0.05, 0) is 24.1 Å². The first-order chi connectivity index (χ1) is 8.10. The Balaban J connectivity index is 2.71. The molecular formula is C11H6F6O. The van der Waals surface area contributed by atoms with Gasteiger partial charge in [0.1, 0.15) is 0 Å². The second kappa shape index (κ2) is 3.73. The molecule has 18 heavy (non-hydrogen) atoms. The maximum atomic E-state index is 12.7. The standard InChI is InChI=1S/C11H6F6O/c12-10(13,14)5-3-7-6(1-2-9(7)18)8(4-5)11(15,16)17/h3-4H,1-2H2. The number of halogens is 6. The Morgan fingerprint density at radius 1 is 0.889 bits per heavy atom. The Hall–Kier alpha value is -1.53. The van der Waals surface area contributed by atoms with Crippen LogP contribution in [0.3, 0.4) is 0 Å². The van der Waals surface area contributed by atoms with E-state index >= 15 is 0 Å². The first-order valence-electron chi connectivity index (χ1n) is 4.95. The van der Waals surface area contributed by atoms with Gasteiger partial charge in [0.05, 0.1) is 11.1 Å². The third-order valence-corrected chi connectivity index (χ3v) is 2.79. The van der Waals surface area contributed by atoms with E-state index in [1.54, 1.807) is 0 Å². The summed E-state index contributed by atoms with van der Waals surface area (Å²) in [7, 11) is 0. The van der Waals surface area contributed by atoms with Crippen LogP contribution in [0.2, 0.25) is 0 Å². The Morgan fingerprint density at radius 3 is 2.00 bits per heavy atom. The van der Waals surface area contributed by atoms with Crippen LogP contribution < -0.4 is 0 Å².